The average molecular weight is 499 g/mol. The fourth-order valence-electron chi connectivity index (χ4n) is 2.53. The van der Waals surface area contributed by atoms with Gasteiger partial charge in [0.15, 0.2) is 0 Å². The number of sulfonamides is 2. The molecule has 31 heavy (non-hydrogen) atoms. The van der Waals surface area contributed by atoms with Crippen LogP contribution in [0.1, 0.15) is 51.0 Å². The number of hydrogen-bond acceptors (Lipinski definition) is 7. The van der Waals surface area contributed by atoms with Gasteiger partial charge in [-0.05, 0) is 30.5 Å². The van der Waals surface area contributed by atoms with E-state index in [4.69, 9.17) is 4.74 Å². The van der Waals surface area contributed by atoms with Crippen molar-refractivity contribution in [3.63, 3.8) is 0 Å². The van der Waals surface area contributed by atoms with Crippen molar-refractivity contribution >= 4 is 32.7 Å². The van der Waals surface area contributed by atoms with Gasteiger partial charge >= 0.3 is 0 Å². The van der Waals surface area contributed by atoms with Crippen molar-refractivity contribution in [2.24, 2.45) is 0 Å². The predicted octanol–water partition coefficient (Wildman–Crippen LogP) is 2.69. The van der Waals surface area contributed by atoms with E-state index < -0.39 is 20.0 Å². The Labute approximate surface area is 193 Å². The number of phenolic OH excluding ortho intramolecular Hbond substituents is 1. The van der Waals surface area contributed by atoms with Gasteiger partial charge < -0.3 is 9.84 Å². The lowest BCUT2D eigenvalue weighted by Gasteiger charge is -2.05. The van der Waals surface area contributed by atoms with Gasteiger partial charge in [0.25, 0.3) is 0 Å². The number of aryl methyl sites for hydroxylation is 1. The van der Waals surface area contributed by atoms with Gasteiger partial charge in [0.05, 0.1) is 25.7 Å². The Morgan fingerprint density at radius 3 is 1.90 bits per heavy atom. The zero-order valence-electron chi connectivity index (χ0n) is 18.8. The molecule has 0 aromatic heterocycles. The molecule has 0 aliphatic carbocycles. The molecule has 0 spiro atoms. The van der Waals surface area contributed by atoms with E-state index in [1.807, 2.05) is 12.1 Å². The molecule has 0 bridgehead atoms. The van der Waals surface area contributed by atoms with Gasteiger partial charge in [-0.25, -0.2) is 26.3 Å². The highest BCUT2D eigenvalue weighted by atomic mass is 32.2. The summed E-state index contributed by atoms with van der Waals surface area (Å²) < 4.78 is 51.8. The van der Waals surface area contributed by atoms with Crippen LogP contribution in [0.25, 0.3) is 0 Å². The first-order chi connectivity index (χ1) is 14.4. The molecule has 0 saturated carbocycles. The van der Waals surface area contributed by atoms with E-state index in [9.17, 15) is 21.9 Å². The molecule has 0 aliphatic rings. The maximum Gasteiger partial charge on any atom is 0.208 e. The van der Waals surface area contributed by atoms with E-state index in [1.54, 1.807) is 6.07 Å². The molecule has 8 nitrogen and oxygen atoms in total. The zero-order chi connectivity index (χ0) is 23.8. The molecular weight excluding hydrogens is 460 g/mol. The molecule has 0 radical (unpaired) electrons. The lowest BCUT2D eigenvalue weighted by molar-refractivity contribution is 0.144. The highest BCUT2D eigenvalue weighted by Crippen LogP contribution is 2.22. The molecule has 0 aliphatic heterocycles. The molecule has 3 N–H and O–H groups in total. The number of unbranched alkanes of at least 4 members (excludes halogenated alkanes) is 5. The summed E-state index contributed by atoms with van der Waals surface area (Å²) in [5.41, 5.74) is 1.28. The van der Waals surface area contributed by atoms with E-state index >= 15 is 0 Å². The van der Waals surface area contributed by atoms with Crippen LogP contribution in [0.2, 0.25) is 0 Å². The van der Waals surface area contributed by atoms with Gasteiger partial charge in [-0.15, -0.1) is 12.6 Å². The second-order valence-corrected chi connectivity index (χ2v) is 11.4. The molecule has 1 rings (SSSR count). The minimum absolute atomic E-state index is 0.178. The Kier molecular flexibility index (Phi) is 16.3. The smallest absolute Gasteiger partial charge is 0.208 e. The Bertz CT molecular complexity index is 778. The fourth-order valence-corrected chi connectivity index (χ4v) is 3.68. The maximum absolute atomic E-state index is 10.6. The number of ether oxygens (including phenoxy) is 1. The third-order valence-corrected chi connectivity index (χ3v) is 5.90. The van der Waals surface area contributed by atoms with Gasteiger partial charge in [0.2, 0.25) is 20.0 Å². The summed E-state index contributed by atoms with van der Waals surface area (Å²) in [6.45, 7) is 3.01. The molecule has 0 amide bonds. The molecule has 0 fully saturated rings. The molecule has 11 heteroatoms. The lowest BCUT2D eigenvalue weighted by atomic mass is 10.0. The number of aromatic hydroxyl groups is 1. The van der Waals surface area contributed by atoms with E-state index in [1.165, 1.54) is 44.1 Å². The van der Waals surface area contributed by atoms with Crippen LogP contribution in [0.4, 0.5) is 0 Å². The maximum atomic E-state index is 10.6. The molecule has 0 heterocycles. The van der Waals surface area contributed by atoms with Crippen LogP contribution in [-0.2, 0) is 31.2 Å². The van der Waals surface area contributed by atoms with Crippen molar-refractivity contribution in [3.8, 4) is 5.75 Å². The number of rotatable bonds is 15. The quantitative estimate of drug-likeness (QED) is 0.218. The number of phenols is 1. The van der Waals surface area contributed by atoms with Crippen molar-refractivity contribution < 1.29 is 26.7 Å². The van der Waals surface area contributed by atoms with Gasteiger partial charge in [0, 0.05) is 18.0 Å². The summed E-state index contributed by atoms with van der Waals surface area (Å²) in [6.07, 6.45) is 11.1. The number of nitrogens with one attached hydrogen (secondary N) is 2. The van der Waals surface area contributed by atoms with Crippen LogP contribution < -0.4 is 9.44 Å². The summed E-state index contributed by atoms with van der Waals surface area (Å²) in [5.74, 6) is 0.273. The monoisotopic (exact) mass is 498 g/mol. The fraction of sp³-hybridized carbons (Fsp3) is 0.700. The molecule has 0 atom stereocenters. The topological polar surface area (TPSA) is 122 Å². The minimum Gasteiger partial charge on any atom is -0.507 e. The third-order valence-electron chi connectivity index (χ3n) is 4.08. The first-order valence-corrected chi connectivity index (χ1v) is 14.7. The molecular formula is C20H38N2O6S3. The van der Waals surface area contributed by atoms with Crippen molar-refractivity contribution in [1.82, 2.24) is 9.44 Å². The Hall–Kier alpha value is -0.850. The average Bonchev–Trinajstić information content (AvgIpc) is 2.65. The van der Waals surface area contributed by atoms with Crippen LogP contribution in [0.15, 0.2) is 23.1 Å². The van der Waals surface area contributed by atoms with Gasteiger partial charge in [-0.3, -0.25) is 0 Å². The Morgan fingerprint density at radius 1 is 0.903 bits per heavy atom. The second kappa shape index (κ2) is 16.7. The highest BCUT2D eigenvalue weighted by Gasteiger charge is 2.01. The van der Waals surface area contributed by atoms with Crippen LogP contribution in [0.3, 0.4) is 0 Å². The van der Waals surface area contributed by atoms with Crippen LogP contribution in [-0.4, -0.2) is 60.8 Å². The number of benzene rings is 1. The first kappa shape index (κ1) is 30.1. The summed E-state index contributed by atoms with van der Waals surface area (Å²) >= 11 is 4.21. The zero-order valence-corrected chi connectivity index (χ0v) is 21.3. The first-order valence-electron chi connectivity index (χ1n) is 10.4. The summed E-state index contributed by atoms with van der Waals surface area (Å²) in [4.78, 5) is 0.684. The minimum atomic E-state index is -3.18. The largest absolute Gasteiger partial charge is 0.507 e. The summed E-state index contributed by atoms with van der Waals surface area (Å²) in [7, 11) is -6.36. The standard InChI is InChI=1S/C14H22OS.C6H16N2O5S2/c1-2-3-4-5-6-7-8-12-9-10-13(15)14(16)11-12;1-14(9,10)7-3-5-13-6-4-8-15(2,11)12/h9-11,15-16H,2-8H2,1H3;7-8H,3-6H2,1-2H3. The van der Waals surface area contributed by atoms with E-state index in [0.29, 0.717) is 4.90 Å². The predicted molar refractivity (Wildman–Crippen MR) is 129 cm³/mol. The highest BCUT2D eigenvalue weighted by molar-refractivity contribution is 7.89. The normalized spacial score (nSPS) is 11.7. The van der Waals surface area contributed by atoms with Crippen molar-refractivity contribution in [2.75, 3.05) is 38.8 Å². The number of hydrogen-bond donors (Lipinski definition) is 4. The third kappa shape index (κ3) is 20.8. The van der Waals surface area contributed by atoms with E-state index in [2.05, 4.69) is 29.0 Å². The van der Waals surface area contributed by atoms with E-state index in [0.717, 1.165) is 18.9 Å². The van der Waals surface area contributed by atoms with Crippen molar-refractivity contribution in [2.45, 2.75) is 56.8 Å². The van der Waals surface area contributed by atoms with Crippen LogP contribution >= 0.6 is 12.6 Å². The molecule has 0 saturated heterocycles. The van der Waals surface area contributed by atoms with Gasteiger partial charge in [-0.2, -0.15) is 0 Å². The van der Waals surface area contributed by atoms with Crippen molar-refractivity contribution in [1.29, 1.82) is 0 Å². The van der Waals surface area contributed by atoms with Crippen LogP contribution in [0, 0.1) is 0 Å². The molecule has 1 aromatic rings. The molecule has 1 aromatic carbocycles. The molecule has 182 valence electrons. The summed E-state index contributed by atoms with van der Waals surface area (Å²) in [5, 5.41) is 9.34. The van der Waals surface area contributed by atoms with Crippen molar-refractivity contribution in [3.05, 3.63) is 23.8 Å². The van der Waals surface area contributed by atoms with Crippen LogP contribution in [0.5, 0.6) is 5.75 Å². The Morgan fingerprint density at radius 2 is 1.42 bits per heavy atom. The van der Waals surface area contributed by atoms with Gasteiger partial charge in [0.1, 0.15) is 5.75 Å². The molecule has 0 unspecified atom stereocenters. The van der Waals surface area contributed by atoms with Gasteiger partial charge in [-0.1, -0.05) is 45.1 Å². The second-order valence-electron chi connectivity index (χ2n) is 7.29. The van der Waals surface area contributed by atoms with E-state index in [-0.39, 0.29) is 32.1 Å². The Balaban J connectivity index is 0.000000582. The lowest BCUT2D eigenvalue weighted by Crippen LogP contribution is -2.29. The number of thiol groups is 1. The SMILES string of the molecule is CCCCCCCCc1ccc(O)c(S)c1.CS(=O)(=O)NCCOCCNS(C)(=O)=O. The summed E-state index contributed by atoms with van der Waals surface area (Å²) in [6, 6.07) is 5.68.